The van der Waals surface area contributed by atoms with Crippen molar-refractivity contribution in [2.45, 2.75) is 19.8 Å². The van der Waals surface area contributed by atoms with E-state index in [1.54, 1.807) is 18.2 Å². The summed E-state index contributed by atoms with van der Waals surface area (Å²) in [6.45, 7) is 3.24. The number of anilines is 1. The second-order valence-electron chi connectivity index (χ2n) is 3.83. The molecule has 4 nitrogen and oxygen atoms in total. The zero-order chi connectivity index (χ0) is 13.4. The Morgan fingerprint density at radius 2 is 2.16 bits per heavy atom. The molecule has 0 atom stereocenters. The van der Waals surface area contributed by atoms with Crippen LogP contribution >= 0.6 is 24.0 Å². The van der Waals surface area contributed by atoms with Gasteiger partial charge in [-0.15, -0.1) is 12.4 Å². The molecule has 0 spiro atoms. The normalized spacial score (nSPS) is 9.63. The lowest BCUT2D eigenvalue weighted by Gasteiger charge is -2.11. The van der Waals surface area contributed by atoms with Gasteiger partial charge in [0.15, 0.2) is 0 Å². The first-order valence-electron chi connectivity index (χ1n) is 6.04. The summed E-state index contributed by atoms with van der Waals surface area (Å²) in [5.41, 5.74) is 0.663. The van der Waals surface area contributed by atoms with E-state index in [1.807, 2.05) is 14.0 Å². The number of nitrogens with one attached hydrogen (secondary N) is 2. The zero-order valence-electron chi connectivity index (χ0n) is 11.2. The maximum absolute atomic E-state index is 11.7. The molecule has 0 radical (unpaired) electrons. The van der Waals surface area contributed by atoms with E-state index >= 15 is 0 Å². The average molecular weight is 307 g/mol. The molecule has 6 heteroatoms. The Morgan fingerprint density at radius 3 is 2.79 bits per heavy atom. The Labute approximate surface area is 125 Å². The molecule has 19 heavy (non-hydrogen) atoms. The molecule has 0 fully saturated rings. The van der Waals surface area contributed by atoms with Gasteiger partial charge in [0.1, 0.15) is 5.75 Å². The molecule has 2 N–H and O–H groups in total. The predicted molar refractivity (Wildman–Crippen MR) is 81.7 cm³/mol. The van der Waals surface area contributed by atoms with Gasteiger partial charge in [-0.05, 0) is 39.1 Å². The number of benzene rings is 1. The minimum Gasteiger partial charge on any atom is -0.492 e. The van der Waals surface area contributed by atoms with Crippen LogP contribution in [0.1, 0.15) is 19.8 Å². The maximum atomic E-state index is 11.7. The van der Waals surface area contributed by atoms with Crippen molar-refractivity contribution in [1.29, 1.82) is 0 Å². The van der Waals surface area contributed by atoms with Gasteiger partial charge in [0, 0.05) is 17.5 Å². The van der Waals surface area contributed by atoms with Crippen LogP contribution in [0.2, 0.25) is 5.02 Å². The summed E-state index contributed by atoms with van der Waals surface area (Å²) in [4.78, 5) is 11.7. The van der Waals surface area contributed by atoms with Gasteiger partial charge in [-0.1, -0.05) is 11.6 Å². The molecule has 0 bridgehead atoms. The minimum atomic E-state index is -0.0199. The highest BCUT2D eigenvalue weighted by Crippen LogP contribution is 2.28. The van der Waals surface area contributed by atoms with Crippen molar-refractivity contribution < 1.29 is 9.53 Å². The third-order valence-electron chi connectivity index (χ3n) is 2.35. The Hall–Kier alpha value is -0.970. The molecule has 0 aliphatic heterocycles. The highest BCUT2D eigenvalue weighted by atomic mass is 35.5. The maximum Gasteiger partial charge on any atom is 0.224 e. The molecule has 0 aliphatic carbocycles. The summed E-state index contributed by atoms with van der Waals surface area (Å²) in [6.07, 6.45) is 1.29. The Bertz CT molecular complexity index is 400. The lowest BCUT2D eigenvalue weighted by Crippen LogP contribution is -2.15. The molecule has 0 aliphatic rings. The van der Waals surface area contributed by atoms with Crippen LogP contribution in [0.4, 0.5) is 5.69 Å². The van der Waals surface area contributed by atoms with Crippen molar-refractivity contribution in [2.24, 2.45) is 0 Å². The fourth-order valence-corrected chi connectivity index (χ4v) is 1.67. The van der Waals surface area contributed by atoms with Gasteiger partial charge in [-0.2, -0.15) is 0 Å². The minimum absolute atomic E-state index is 0. The molecule has 0 saturated heterocycles. The number of hydrogen-bond acceptors (Lipinski definition) is 3. The Balaban J connectivity index is 0.00000324. The molecule has 0 heterocycles. The van der Waals surface area contributed by atoms with Gasteiger partial charge in [0.25, 0.3) is 0 Å². The van der Waals surface area contributed by atoms with Crippen LogP contribution in [0, 0.1) is 0 Å². The van der Waals surface area contributed by atoms with E-state index < -0.39 is 0 Å². The van der Waals surface area contributed by atoms with Crippen molar-refractivity contribution in [2.75, 3.05) is 25.5 Å². The van der Waals surface area contributed by atoms with Crippen molar-refractivity contribution >= 4 is 35.6 Å². The highest BCUT2D eigenvalue weighted by Gasteiger charge is 2.08. The van der Waals surface area contributed by atoms with Crippen molar-refractivity contribution in [3.05, 3.63) is 23.2 Å². The predicted octanol–water partition coefficient (Wildman–Crippen LogP) is 3.10. The molecule has 0 aromatic heterocycles. The summed E-state index contributed by atoms with van der Waals surface area (Å²) in [7, 11) is 1.87. The highest BCUT2D eigenvalue weighted by molar-refractivity contribution is 6.30. The summed E-state index contributed by atoms with van der Waals surface area (Å²) in [5, 5.41) is 6.42. The van der Waals surface area contributed by atoms with Crippen LogP contribution in [-0.2, 0) is 4.79 Å². The van der Waals surface area contributed by atoms with Gasteiger partial charge in [-0.3, -0.25) is 4.79 Å². The number of hydrogen-bond donors (Lipinski definition) is 2. The van der Waals surface area contributed by atoms with E-state index in [1.165, 1.54) is 0 Å². The first-order valence-corrected chi connectivity index (χ1v) is 6.42. The van der Waals surface area contributed by atoms with Crippen LogP contribution in [-0.4, -0.2) is 26.1 Å². The van der Waals surface area contributed by atoms with Gasteiger partial charge < -0.3 is 15.4 Å². The van der Waals surface area contributed by atoms with Gasteiger partial charge in [-0.25, -0.2) is 0 Å². The lowest BCUT2D eigenvalue weighted by molar-refractivity contribution is -0.116. The van der Waals surface area contributed by atoms with Crippen LogP contribution in [0.25, 0.3) is 0 Å². The first kappa shape index (κ1) is 18.0. The van der Waals surface area contributed by atoms with Gasteiger partial charge >= 0.3 is 0 Å². The van der Waals surface area contributed by atoms with E-state index in [4.69, 9.17) is 16.3 Å². The van der Waals surface area contributed by atoms with Crippen molar-refractivity contribution in [3.8, 4) is 5.75 Å². The number of carbonyl (C=O) groups is 1. The molecule has 1 amide bonds. The van der Waals surface area contributed by atoms with Crippen molar-refractivity contribution in [1.82, 2.24) is 5.32 Å². The van der Waals surface area contributed by atoms with Crippen LogP contribution < -0.4 is 15.4 Å². The zero-order valence-corrected chi connectivity index (χ0v) is 12.7. The Morgan fingerprint density at radius 1 is 1.42 bits per heavy atom. The average Bonchev–Trinajstić information content (AvgIpc) is 2.33. The summed E-state index contributed by atoms with van der Waals surface area (Å²) in [5.74, 6) is 0.584. The molecule has 1 aromatic carbocycles. The second-order valence-corrected chi connectivity index (χ2v) is 4.27. The molecule has 108 valence electrons. The molecule has 1 rings (SSSR count). The Kier molecular flexibility index (Phi) is 9.39. The van der Waals surface area contributed by atoms with E-state index in [9.17, 15) is 4.79 Å². The molecule has 0 unspecified atom stereocenters. The number of rotatable bonds is 7. The number of ether oxygens (including phenoxy) is 1. The SMILES string of the molecule is CCOc1cc(Cl)ccc1NC(=O)CCCNC.Cl. The molecule has 0 saturated carbocycles. The van der Waals surface area contributed by atoms with E-state index in [2.05, 4.69) is 10.6 Å². The summed E-state index contributed by atoms with van der Waals surface area (Å²) < 4.78 is 5.43. The van der Waals surface area contributed by atoms with E-state index in [-0.39, 0.29) is 18.3 Å². The standard InChI is InChI=1S/C13H19ClN2O2.ClH/c1-3-18-12-9-10(14)6-7-11(12)16-13(17)5-4-8-15-2;/h6-7,9,15H,3-5,8H2,1-2H3,(H,16,17);1H. The fourth-order valence-electron chi connectivity index (χ4n) is 1.51. The van der Waals surface area contributed by atoms with Gasteiger partial charge in [0.05, 0.1) is 12.3 Å². The van der Waals surface area contributed by atoms with Gasteiger partial charge in [0.2, 0.25) is 5.91 Å². The topological polar surface area (TPSA) is 50.4 Å². The number of halogens is 2. The molecular formula is C13H20Cl2N2O2. The monoisotopic (exact) mass is 306 g/mol. The van der Waals surface area contributed by atoms with Crippen LogP contribution in [0.5, 0.6) is 5.75 Å². The van der Waals surface area contributed by atoms with Crippen LogP contribution in [0.15, 0.2) is 18.2 Å². The summed E-state index contributed by atoms with van der Waals surface area (Å²) >= 11 is 5.89. The number of carbonyl (C=O) groups excluding carboxylic acids is 1. The van der Waals surface area contributed by atoms with E-state index in [0.29, 0.717) is 29.5 Å². The third-order valence-corrected chi connectivity index (χ3v) is 2.58. The van der Waals surface area contributed by atoms with E-state index in [0.717, 1.165) is 13.0 Å². The number of amides is 1. The lowest BCUT2D eigenvalue weighted by atomic mass is 10.2. The van der Waals surface area contributed by atoms with Crippen LogP contribution in [0.3, 0.4) is 0 Å². The first-order chi connectivity index (χ1) is 8.67. The fraction of sp³-hybridized carbons (Fsp3) is 0.462. The van der Waals surface area contributed by atoms with Crippen molar-refractivity contribution in [3.63, 3.8) is 0 Å². The second kappa shape index (κ2) is 9.89. The molecular weight excluding hydrogens is 287 g/mol. The summed E-state index contributed by atoms with van der Waals surface area (Å²) in [6, 6.07) is 5.19. The quantitative estimate of drug-likeness (QED) is 0.761. The largest absolute Gasteiger partial charge is 0.492 e. The third kappa shape index (κ3) is 6.66. The molecule has 1 aromatic rings. The smallest absolute Gasteiger partial charge is 0.224 e.